The van der Waals surface area contributed by atoms with Gasteiger partial charge in [-0.2, -0.15) is 0 Å². The Morgan fingerprint density at radius 2 is 2.06 bits per heavy atom. The zero-order valence-electron chi connectivity index (χ0n) is 10.9. The van der Waals surface area contributed by atoms with Crippen LogP contribution in [0.15, 0.2) is 0 Å². The van der Waals surface area contributed by atoms with Gasteiger partial charge >= 0.3 is 6.09 Å². The first-order valence-electron chi connectivity index (χ1n) is 5.85. The van der Waals surface area contributed by atoms with Crippen LogP contribution in [0.3, 0.4) is 0 Å². The number of amides is 1. The first-order chi connectivity index (χ1) is 7.17. The summed E-state index contributed by atoms with van der Waals surface area (Å²) in [6.45, 7) is 9.84. The molecule has 1 aliphatic rings. The molecule has 0 aromatic carbocycles. The summed E-state index contributed by atoms with van der Waals surface area (Å²) in [4.78, 5) is 13.6. The molecule has 0 spiro atoms. The molecule has 94 valence electrons. The molecule has 1 saturated heterocycles. The monoisotopic (exact) mass is 229 g/mol. The molecule has 0 bridgehead atoms. The van der Waals surface area contributed by atoms with Gasteiger partial charge in [-0.25, -0.2) is 4.79 Å². The minimum Gasteiger partial charge on any atom is -0.444 e. The van der Waals surface area contributed by atoms with E-state index in [2.05, 4.69) is 0 Å². The number of hydrogen-bond acceptors (Lipinski definition) is 3. The van der Waals surface area contributed by atoms with E-state index in [1.165, 1.54) is 0 Å². The molecule has 0 aromatic heterocycles. The molecule has 0 aromatic rings. The molecule has 1 amide bonds. The lowest BCUT2D eigenvalue weighted by Gasteiger charge is -2.38. The van der Waals surface area contributed by atoms with Crippen molar-refractivity contribution < 1.29 is 14.6 Å². The van der Waals surface area contributed by atoms with Crippen molar-refractivity contribution in [2.75, 3.05) is 6.54 Å². The molecular formula is C12H23NO3. The van der Waals surface area contributed by atoms with E-state index in [1.54, 1.807) is 11.8 Å². The van der Waals surface area contributed by atoms with E-state index in [0.29, 0.717) is 6.54 Å². The van der Waals surface area contributed by atoms with E-state index in [4.69, 9.17) is 4.74 Å². The third kappa shape index (κ3) is 2.67. The highest BCUT2D eigenvalue weighted by atomic mass is 16.6. The predicted octanol–water partition coefficient (Wildman–Crippen LogP) is 2.16. The molecule has 1 N–H and O–H groups in total. The molecule has 2 atom stereocenters. The van der Waals surface area contributed by atoms with E-state index in [0.717, 1.165) is 12.8 Å². The summed E-state index contributed by atoms with van der Waals surface area (Å²) >= 11 is 0. The predicted molar refractivity (Wildman–Crippen MR) is 62.3 cm³/mol. The lowest BCUT2D eigenvalue weighted by atomic mass is 9.93. The minimum atomic E-state index is -0.539. The molecule has 4 nitrogen and oxygen atoms in total. The Morgan fingerprint density at radius 3 is 2.50 bits per heavy atom. The third-order valence-electron chi connectivity index (χ3n) is 3.20. The summed E-state index contributed by atoms with van der Waals surface area (Å²) < 4.78 is 5.34. The second-order valence-corrected chi connectivity index (χ2v) is 5.77. The molecule has 16 heavy (non-hydrogen) atoms. The summed E-state index contributed by atoms with van der Waals surface area (Å²) in [5.74, 6) is 0. The lowest BCUT2D eigenvalue weighted by molar-refractivity contribution is -0.0203. The number of carbonyl (C=O) groups is 1. The molecule has 0 unspecified atom stereocenters. The Labute approximate surface area is 97.6 Å². The number of aliphatic hydroxyl groups excluding tert-OH is 1. The standard InChI is InChI=1S/C12H23NO3/c1-9(14)12(5)7-6-8-13(12)10(15)16-11(2,3)4/h9,14H,6-8H2,1-5H3/t9-,12-/m0/s1. The molecule has 1 heterocycles. The van der Waals surface area contributed by atoms with Gasteiger partial charge in [0.05, 0.1) is 11.6 Å². The molecule has 4 heteroatoms. The van der Waals surface area contributed by atoms with Gasteiger partial charge in [0.1, 0.15) is 5.60 Å². The second kappa shape index (κ2) is 4.24. The smallest absolute Gasteiger partial charge is 0.410 e. The van der Waals surface area contributed by atoms with Crippen LogP contribution in [0, 0.1) is 0 Å². The Kier molecular flexibility index (Phi) is 3.53. The van der Waals surface area contributed by atoms with Crippen LogP contribution in [0.2, 0.25) is 0 Å². The van der Waals surface area contributed by atoms with Crippen molar-refractivity contribution in [1.82, 2.24) is 4.90 Å². The molecule has 1 aliphatic heterocycles. The number of rotatable bonds is 1. The van der Waals surface area contributed by atoms with Crippen LogP contribution in [-0.2, 0) is 4.74 Å². The fraction of sp³-hybridized carbons (Fsp3) is 0.917. The average molecular weight is 229 g/mol. The zero-order valence-corrected chi connectivity index (χ0v) is 10.9. The summed E-state index contributed by atoms with van der Waals surface area (Å²) in [6, 6.07) is 0. The zero-order chi connectivity index (χ0) is 12.6. The summed E-state index contributed by atoms with van der Waals surface area (Å²) in [5, 5.41) is 9.78. The molecule has 0 radical (unpaired) electrons. The van der Waals surface area contributed by atoms with E-state index in [-0.39, 0.29) is 6.09 Å². The van der Waals surface area contributed by atoms with Crippen LogP contribution in [0.4, 0.5) is 4.79 Å². The average Bonchev–Trinajstić information content (AvgIpc) is 2.45. The molecule has 1 rings (SSSR count). The Balaban J connectivity index is 2.76. The van der Waals surface area contributed by atoms with Gasteiger partial charge in [0, 0.05) is 6.54 Å². The maximum absolute atomic E-state index is 12.0. The van der Waals surface area contributed by atoms with Crippen molar-refractivity contribution in [1.29, 1.82) is 0 Å². The van der Waals surface area contributed by atoms with Gasteiger partial charge in [-0.1, -0.05) is 0 Å². The Hall–Kier alpha value is -0.770. The third-order valence-corrected chi connectivity index (χ3v) is 3.20. The highest BCUT2D eigenvalue weighted by Crippen LogP contribution is 2.33. The topological polar surface area (TPSA) is 49.8 Å². The van der Waals surface area contributed by atoms with Crippen LogP contribution < -0.4 is 0 Å². The normalized spacial score (nSPS) is 28.0. The SMILES string of the molecule is C[C@H](O)[C@]1(C)CCCN1C(=O)OC(C)(C)C. The summed E-state index contributed by atoms with van der Waals surface area (Å²) in [6.07, 6.45) is 0.876. The summed E-state index contributed by atoms with van der Waals surface area (Å²) in [5.41, 5.74) is -0.971. The van der Waals surface area contributed by atoms with Gasteiger partial charge in [-0.15, -0.1) is 0 Å². The first kappa shape index (κ1) is 13.3. The Morgan fingerprint density at radius 1 is 1.50 bits per heavy atom. The van der Waals surface area contributed by atoms with E-state index in [1.807, 2.05) is 27.7 Å². The number of hydrogen-bond donors (Lipinski definition) is 1. The van der Waals surface area contributed by atoms with Crippen LogP contribution >= 0.6 is 0 Å². The van der Waals surface area contributed by atoms with Gasteiger partial charge in [-0.3, -0.25) is 0 Å². The van der Waals surface area contributed by atoms with Gasteiger partial charge in [0.25, 0.3) is 0 Å². The largest absolute Gasteiger partial charge is 0.444 e. The number of aliphatic hydroxyl groups is 1. The highest BCUT2D eigenvalue weighted by molar-refractivity contribution is 5.69. The van der Waals surface area contributed by atoms with Gasteiger partial charge in [0.2, 0.25) is 0 Å². The van der Waals surface area contributed by atoms with Crippen molar-refractivity contribution in [3.8, 4) is 0 Å². The molecule has 1 fully saturated rings. The fourth-order valence-electron chi connectivity index (χ4n) is 2.04. The Bertz CT molecular complexity index is 270. The number of ether oxygens (including phenoxy) is 1. The quantitative estimate of drug-likeness (QED) is 0.749. The van der Waals surface area contributed by atoms with Crippen molar-refractivity contribution >= 4 is 6.09 Å². The summed E-state index contributed by atoms with van der Waals surface area (Å²) in [7, 11) is 0. The van der Waals surface area contributed by atoms with Crippen LogP contribution in [0.5, 0.6) is 0 Å². The fourth-order valence-corrected chi connectivity index (χ4v) is 2.04. The first-order valence-corrected chi connectivity index (χ1v) is 5.85. The number of carbonyl (C=O) groups excluding carboxylic acids is 1. The van der Waals surface area contributed by atoms with Crippen LogP contribution in [0.25, 0.3) is 0 Å². The second-order valence-electron chi connectivity index (χ2n) is 5.77. The highest BCUT2D eigenvalue weighted by Gasteiger charge is 2.44. The van der Waals surface area contributed by atoms with Gasteiger partial charge in [0.15, 0.2) is 0 Å². The molecule has 0 aliphatic carbocycles. The lowest BCUT2D eigenvalue weighted by Crippen LogP contribution is -2.53. The maximum Gasteiger partial charge on any atom is 0.410 e. The van der Waals surface area contributed by atoms with Crippen molar-refractivity contribution in [2.45, 2.75) is 64.7 Å². The van der Waals surface area contributed by atoms with Gasteiger partial charge in [-0.05, 0) is 47.5 Å². The molecular weight excluding hydrogens is 206 g/mol. The van der Waals surface area contributed by atoms with Gasteiger partial charge < -0.3 is 14.7 Å². The molecule has 0 saturated carbocycles. The number of likely N-dealkylation sites (tertiary alicyclic amines) is 1. The van der Waals surface area contributed by atoms with Crippen molar-refractivity contribution in [3.63, 3.8) is 0 Å². The maximum atomic E-state index is 12.0. The number of nitrogens with zero attached hydrogens (tertiary/aromatic N) is 1. The minimum absolute atomic E-state index is 0.326. The van der Waals surface area contributed by atoms with Crippen LogP contribution in [0.1, 0.15) is 47.5 Å². The van der Waals surface area contributed by atoms with Crippen molar-refractivity contribution in [3.05, 3.63) is 0 Å². The van der Waals surface area contributed by atoms with E-state index >= 15 is 0 Å². The van der Waals surface area contributed by atoms with E-state index in [9.17, 15) is 9.90 Å². The van der Waals surface area contributed by atoms with Crippen molar-refractivity contribution in [2.24, 2.45) is 0 Å². The van der Waals surface area contributed by atoms with Crippen LogP contribution in [-0.4, -0.2) is 39.9 Å². The van der Waals surface area contributed by atoms with E-state index < -0.39 is 17.2 Å².